The minimum Gasteiger partial charge on any atom is -0.480 e. The van der Waals surface area contributed by atoms with Gasteiger partial charge in [-0.2, -0.15) is 11.8 Å². The molecular weight excluding hydrogens is 260 g/mol. The van der Waals surface area contributed by atoms with Gasteiger partial charge in [-0.05, 0) is 23.8 Å². The zero-order valence-corrected chi connectivity index (χ0v) is 12.4. The van der Waals surface area contributed by atoms with Crippen LogP contribution in [0.5, 0.6) is 0 Å². The molecule has 0 aliphatic carbocycles. The van der Waals surface area contributed by atoms with E-state index >= 15 is 0 Å². The fourth-order valence-electron chi connectivity index (χ4n) is 1.73. The third-order valence-electron chi connectivity index (χ3n) is 2.79. The summed E-state index contributed by atoms with van der Waals surface area (Å²) in [6.07, 6.45) is 2.84. The molecule has 0 aliphatic rings. The molecular formula is C14H22N2O2S. The van der Waals surface area contributed by atoms with E-state index in [2.05, 4.69) is 24.9 Å². The number of hydrogen-bond donors (Lipinski definition) is 1. The van der Waals surface area contributed by atoms with Gasteiger partial charge in [0.05, 0.1) is 12.2 Å². The number of hydrogen-bond acceptors (Lipinski definition) is 4. The van der Waals surface area contributed by atoms with E-state index in [-0.39, 0.29) is 6.54 Å². The highest BCUT2D eigenvalue weighted by Crippen LogP contribution is 2.06. The van der Waals surface area contributed by atoms with Gasteiger partial charge in [-0.3, -0.25) is 14.7 Å². The molecule has 0 fully saturated rings. The van der Waals surface area contributed by atoms with Crippen LogP contribution in [0.25, 0.3) is 0 Å². The van der Waals surface area contributed by atoms with Gasteiger partial charge in [-0.1, -0.05) is 19.9 Å². The predicted molar refractivity (Wildman–Crippen MR) is 79.5 cm³/mol. The van der Waals surface area contributed by atoms with Crippen LogP contribution in [-0.2, 0) is 17.8 Å². The van der Waals surface area contributed by atoms with Gasteiger partial charge < -0.3 is 5.11 Å². The van der Waals surface area contributed by atoms with Crippen LogP contribution in [0, 0.1) is 0 Å². The van der Waals surface area contributed by atoms with E-state index in [1.807, 2.05) is 28.9 Å². The van der Waals surface area contributed by atoms with E-state index in [1.165, 1.54) is 5.56 Å². The topological polar surface area (TPSA) is 53.4 Å². The van der Waals surface area contributed by atoms with Gasteiger partial charge in [-0.15, -0.1) is 0 Å². The van der Waals surface area contributed by atoms with Gasteiger partial charge in [0.2, 0.25) is 0 Å². The lowest BCUT2D eigenvalue weighted by atomic mass is 10.2. The summed E-state index contributed by atoms with van der Waals surface area (Å²) in [4.78, 5) is 17.2. The number of aromatic nitrogens is 1. The summed E-state index contributed by atoms with van der Waals surface area (Å²) in [5, 5.41) is 8.93. The van der Waals surface area contributed by atoms with Gasteiger partial charge in [-0.25, -0.2) is 0 Å². The summed E-state index contributed by atoms with van der Waals surface area (Å²) in [5.74, 6) is 1.23. The average molecular weight is 282 g/mol. The Morgan fingerprint density at radius 1 is 1.42 bits per heavy atom. The molecule has 0 aliphatic heterocycles. The molecule has 0 bridgehead atoms. The molecule has 0 atom stereocenters. The number of carbonyl (C=O) groups is 1. The monoisotopic (exact) mass is 282 g/mol. The van der Waals surface area contributed by atoms with Crippen LogP contribution < -0.4 is 0 Å². The lowest BCUT2D eigenvalue weighted by Crippen LogP contribution is -2.31. The lowest BCUT2D eigenvalue weighted by Gasteiger charge is -2.19. The zero-order valence-electron chi connectivity index (χ0n) is 11.6. The number of nitrogens with zero attached hydrogens (tertiary/aromatic N) is 2. The van der Waals surface area contributed by atoms with Crippen molar-refractivity contribution in [3.63, 3.8) is 0 Å². The Morgan fingerprint density at radius 3 is 2.74 bits per heavy atom. The molecule has 1 N–H and O–H groups in total. The summed E-state index contributed by atoms with van der Waals surface area (Å²) in [7, 11) is 0. The van der Waals surface area contributed by atoms with Gasteiger partial charge in [0.25, 0.3) is 0 Å². The van der Waals surface area contributed by atoms with Crippen LogP contribution >= 0.6 is 11.8 Å². The fourth-order valence-corrected chi connectivity index (χ4v) is 2.41. The summed E-state index contributed by atoms with van der Waals surface area (Å²) in [5.41, 5.74) is 2.13. The molecule has 1 rings (SSSR count). The molecule has 0 saturated heterocycles. The quantitative estimate of drug-likeness (QED) is 0.704. The molecule has 106 valence electrons. The van der Waals surface area contributed by atoms with E-state index in [0.29, 0.717) is 6.54 Å². The van der Waals surface area contributed by atoms with Gasteiger partial charge in [0.1, 0.15) is 0 Å². The third-order valence-corrected chi connectivity index (χ3v) is 3.67. The molecule has 0 radical (unpaired) electrons. The molecule has 4 nitrogen and oxygen atoms in total. The van der Waals surface area contributed by atoms with E-state index < -0.39 is 5.97 Å². The van der Waals surface area contributed by atoms with Crippen molar-refractivity contribution in [1.29, 1.82) is 0 Å². The average Bonchev–Trinajstić information content (AvgIpc) is 2.39. The van der Waals surface area contributed by atoms with Crippen LogP contribution in [0.2, 0.25) is 0 Å². The molecule has 0 spiro atoms. The molecule has 1 aromatic rings. The Labute approximate surface area is 119 Å². The predicted octanol–water partition coefficient (Wildman–Crippen LogP) is 2.28. The highest BCUT2D eigenvalue weighted by Gasteiger charge is 2.10. The van der Waals surface area contributed by atoms with Crippen molar-refractivity contribution in [1.82, 2.24) is 9.88 Å². The number of aliphatic carboxylic acids is 1. The fraction of sp³-hybridized carbons (Fsp3) is 0.571. The molecule has 19 heavy (non-hydrogen) atoms. The first kappa shape index (κ1) is 16.0. The third kappa shape index (κ3) is 6.59. The largest absolute Gasteiger partial charge is 0.480 e. The number of rotatable bonds is 9. The van der Waals surface area contributed by atoms with Crippen LogP contribution in [0.15, 0.2) is 18.3 Å². The molecule has 0 saturated carbocycles. The molecule has 0 unspecified atom stereocenters. The minimum atomic E-state index is -0.785. The van der Waals surface area contributed by atoms with Gasteiger partial charge in [0.15, 0.2) is 0 Å². The van der Waals surface area contributed by atoms with Crippen molar-refractivity contribution in [3.05, 3.63) is 29.6 Å². The Kier molecular flexibility index (Phi) is 7.52. The maximum Gasteiger partial charge on any atom is 0.317 e. The van der Waals surface area contributed by atoms with Gasteiger partial charge in [0, 0.05) is 25.0 Å². The Hall–Kier alpha value is -1.07. The van der Waals surface area contributed by atoms with E-state index in [0.717, 1.165) is 30.2 Å². The van der Waals surface area contributed by atoms with Crippen LogP contribution in [0.4, 0.5) is 0 Å². The summed E-state index contributed by atoms with van der Waals surface area (Å²) >= 11 is 1.83. The smallest absolute Gasteiger partial charge is 0.317 e. The highest BCUT2D eigenvalue weighted by molar-refractivity contribution is 7.99. The van der Waals surface area contributed by atoms with Crippen molar-refractivity contribution in [3.8, 4) is 0 Å². The first-order valence-corrected chi connectivity index (χ1v) is 7.76. The Balaban J connectivity index is 2.55. The van der Waals surface area contributed by atoms with E-state index in [1.54, 1.807) is 0 Å². The first-order chi connectivity index (χ1) is 9.15. The van der Waals surface area contributed by atoms with E-state index in [9.17, 15) is 4.79 Å². The zero-order chi connectivity index (χ0) is 14.1. The number of carboxylic acids is 1. The molecule has 1 heterocycles. The van der Waals surface area contributed by atoms with Crippen molar-refractivity contribution in [2.75, 3.05) is 24.6 Å². The SMILES string of the molecule is CCSCCN(CC(=O)O)Cc1ccc(CC)cn1. The normalized spacial score (nSPS) is 10.9. The summed E-state index contributed by atoms with van der Waals surface area (Å²) < 4.78 is 0. The molecule has 0 aromatic carbocycles. The second-order valence-electron chi connectivity index (χ2n) is 4.31. The highest BCUT2D eigenvalue weighted by atomic mass is 32.2. The molecule has 1 aromatic heterocycles. The standard InChI is InChI=1S/C14H22N2O2S/c1-3-12-5-6-13(15-9-12)10-16(11-14(17)18)7-8-19-4-2/h5-6,9H,3-4,7-8,10-11H2,1-2H3,(H,17,18). The summed E-state index contributed by atoms with van der Waals surface area (Å²) in [6.45, 7) is 5.65. The maximum absolute atomic E-state index is 10.9. The van der Waals surface area contributed by atoms with Crippen LogP contribution in [0.3, 0.4) is 0 Å². The second kappa shape index (κ2) is 8.93. The van der Waals surface area contributed by atoms with Crippen molar-refractivity contribution in [2.24, 2.45) is 0 Å². The summed E-state index contributed by atoms with van der Waals surface area (Å²) in [6, 6.07) is 4.04. The van der Waals surface area contributed by atoms with E-state index in [4.69, 9.17) is 5.11 Å². The van der Waals surface area contributed by atoms with Crippen molar-refractivity contribution in [2.45, 2.75) is 26.8 Å². The Morgan fingerprint density at radius 2 is 2.21 bits per heavy atom. The van der Waals surface area contributed by atoms with Crippen LogP contribution in [0.1, 0.15) is 25.1 Å². The van der Waals surface area contributed by atoms with Gasteiger partial charge >= 0.3 is 5.97 Å². The first-order valence-electron chi connectivity index (χ1n) is 6.61. The Bertz CT molecular complexity index is 382. The molecule has 0 amide bonds. The number of carboxylic acid groups (broad SMARTS) is 1. The number of thioether (sulfide) groups is 1. The van der Waals surface area contributed by atoms with Crippen LogP contribution in [-0.4, -0.2) is 45.6 Å². The number of pyridine rings is 1. The molecule has 5 heteroatoms. The second-order valence-corrected chi connectivity index (χ2v) is 5.71. The number of aryl methyl sites for hydroxylation is 1. The minimum absolute atomic E-state index is 0.0709. The maximum atomic E-state index is 10.9. The lowest BCUT2D eigenvalue weighted by molar-refractivity contribution is -0.138. The van der Waals surface area contributed by atoms with Crippen molar-refractivity contribution < 1.29 is 9.90 Å². The van der Waals surface area contributed by atoms with Crippen molar-refractivity contribution >= 4 is 17.7 Å².